The van der Waals surface area contributed by atoms with Crippen LogP contribution in [-0.4, -0.2) is 24.9 Å². The molecule has 27 heavy (non-hydrogen) atoms. The summed E-state index contributed by atoms with van der Waals surface area (Å²) in [6.45, 7) is 7.05. The molecule has 1 heterocycles. The molecule has 142 valence electrons. The van der Waals surface area contributed by atoms with Crippen LogP contribution in [0.15, 0.2) is 48.5 Å². The van der Waals surface area contributed by atoms with E-state index in [1.807, 2.05) is 18.2 Å². The van der Waals surface area contributed by atoms with Gasteiger partial charge in [0.05, 0.1) is 6.54 Å². The molecule has 3 rings (SSSR count). The van der Waals surface area contributed by atoms with Crippen molar-refractivity contribution < 1.29 is 9.59 Å². The van der Waals surface area contributed by atoms with Crippen LogP contribution in [-0.2, 0) is 16.0 Å². The molecule has 0 aliphatic carbocycles. The highest BCUT2D eigenvalue weighted by Gasteiger charge is 2.25. The van der Waals surface area contributed by atoms with Crippen LogP contribution in [0.3, 0.4) is 0 Å². The monoisotopic (exact) mass is 364 g/mol. The Morgan fingerprint density at radius 1 is 1.07 bits per heavy atom. The first-order chi connectivity index (χ1) is 13.0. The number of aryl methyl sites for hydroxylation is 1. The van der Waals surface area contributed by atoms with Crippen molar-refractivity contribution in [1.82, 2.24) is 5.32 Å². The van der Waals surface area contributed by atoms with Gasteiger partial charge in [-0.1, -0.05) is 61.9 Å². The van der Waals surface area contributed by atoms with Crippen molar-refractivity contribution in [3.05, 3.63) is 65.2 Å². The van der Waals surface area contributed by atoms with Crippen LogP contribution in [0.1, 0.15) is 42.9 Å². The molecule has 0 saturated heterocycles. The largest absolute Gasteiger partial charge is 0.347 e. The average molecular weight is 364 g/mol. The summed E-state index contributed by atoms with van der Waals surface area (Å²) in [6.07, 6.45) is 1.27. The number of carbonyl (C=O) groups excluding carboxylic acids is 2. The zero-order valence-corrected chi connectivity index (χ0v) is 16.4. The molecule has 1 N–H and O–H groups in total. The molecule has 1 unspecified atom stereocenters. The first kappa shape index (κ1) is 19.2. The Hall–Kier alpha value is -2.62. The summed E-state index contributed by atoms with van der Waals surface area (Å²) in [5.74, 6) is 0.368. The fraction of sp³-hybridized carbons (Fsp3) is 0.391. The number of hydrogen-bond donors (Lipinski definition) is 1. The summed E-state index contributed by atoms with van der Waals surface area (Å²) in [6, 6.07) is 16.3. The molecule has 2 aromatic rings. The Kier molecular flexibility index (Phi) is 5.94. The van der Waals surface area contributed by atoms with Gasteiger partial charge in [-0.3, -0.25) is 9.59 Å². The summed E-state index contributed by atoms with van der Waals surface area (Å²) in [7, 11) is 0. The van der Waals surface area contributed by atoms with Crippen molar-refractivity contribution in [2.75, 3.05) is 18.0 Å². The van der Waals surface area contributed by atoms with Gasteiger partial charge in [-0.2, -0.15) is 0 Å². The predicted octanol–water partition coefficient (Wildman–Crippen LogP) is 3.83. The van der Waals surface area contributed by atoms with E-state index < -0.39 is 0 Å². The van der Waals surface area contributed by atoms with Crippen molar-refractivity contribution in [3.8, 4) is 0 Å². The fourth-order valence-electron chi connectivity index (χ4n) is 3.69. The van der Waals surface area contributed by atoms with Crippen LogP contribution < -0.4 is 10.2 Å². The van der Waals surface area contributed by atoms with Crippen LogP contribution in [0.2, 0.25) is 0 Å². The highest BCUT2D eigenvalue weighted by Crippen LogP contribution is 2.29. The standard InChI is InChI=1S/C23H28N2O2/c1-16(2)20(18-10-8-17(3)9-11-18)14-22(26)24-15-23(27)25-13-12-19-6-4-5-7-21(19)25/h4-11,16,20H,12-15H2,1-3H3,(H,24,26). The molecule has 0 fully saturated rings. The van der Waals surface area contributed by atoms with Crippen LogP contribution in [0.5, 0.6) is 0 Å². The van der Waals surface area contributed by atoms with E-state index in [9.17, 15) is 9.59 Å². The first-order valence-corrected chi connectivity index (χ1v) is 9.67. The maximum atomic E-state index is 12.6. The van der Waals surface area contributed by atoms with E-state index in [-0.39, 0.29) is 24.3 Å². The maximum Gasteiger partial charge on any atom is 0.246 e. The summed E-state index contributed by atoms with van der Waals surface area (Å²) in [5.41, 5.74) is 4.54. The lowest BCUT2D eigenvalue weighted by atomic mass is 9.85. The third kappa shape index (κ3) is 4.57. The molecule has 0 bridgehead atoms. The van der Waals surface area contributed by atoms with Crippen molar-refractivity contribution in [2.24, 2.45) is 5.92 Å². The minimum absolute atomic E-state index is 0.0475. The maximum absolute atomic E-state index is 12.6. The Labute approximate surface area is 161 Å². The Morgan fingerprint density at radius 2 is 1.78 bits per heavy atom. The molecule has 0 spiro atoms. The molecule has 2 aromatic carbocycles. The topological polar surface area (TPSA) is 49.4 Å². The molecule has 0 aromatic heterocycles. The summed E-state index contributed by atoms with van der Waals surface area (Å²) < 4.78 is 0. The summed E-state index contributed by atoms with van der Waals surface area (Å²) in [4.78, 5) is 26.8. The third-order valence-corrected chi connectivity index (χ3v) is 5.34. The van der Waals surface area contributed by atoms with E-state index in [0.29, 0.717) is 18.9 Å². The molecule has 1 atom stereocenters. The van der Waals surface area contributed by atoms with Crippen LogP contribution in [0, 0.1) is 12.8 Å². The molecule has 4 heteroatoms. The second kappa shape index (κ2) is 8.38. The second-order valence-electron chi connectivity index (χ2n) is 7.67. The Balaban J connectivity index is 1.57. The van der Waals surface area contributed by atoms with Gasteiger partial charge in [-0.05, 0) is 42.4 Å². The van der Waals surface area contributed by atoms with E-state index in [4.69, 9.17) is 0 Å². The van der Waals surface area contributed by atoms with Crippen molar-refractivity contribution in [3.63, 3.8) is 0 Å². The average Bonchev–Trinajstić information content (AvgIpc) is 3.09. The molecule has 1 aliphatic heterocycles. The van der Waals surface area contributed by atoms with E-state index in [1.165, 1.54) is 16.7 Å². The molecular weight excluding hydrogens is 336 g/mol. The lowest BCUT2D eigenvalue weighted by molar-refractivity contribution is -0.125. The molecule has 0 saturated carbocycles. The van der Waals surface area contributed by atoms with Gasteiger partial charge in [0.15, 0.2) is 0 Å². The third-order valence-electron chi connectivity index (χ3n) is 5.34. The van der Waals surface area contributed by atoms with E-state index in [2.05, 4.69) is 56.4 Å². The molecular formula is C23H28N2O2. The van der Waals surface area contributed by atoms with Gasteiger partial charge in [-0.15, -0.1) is 0 Å². The van der Waals surface area contributed by atoms with Gasteiger partial charge in [-0.25, -0.2) is 0 Å². The minimum Gasteiger partial charge on any atom is -0.347 e. The van der Waals surface area contributed by atoms with Crippen LogP contribution in [0.25, 0.3) is 0 Å². The minimum atomic E-state index is -0.0740. The van der Waals surface area contributed by atoms with Gasteiger partial charge >= 0.3 is 0 Å². The van der Waals surface area contributed by atoms with Gasteiger partial charge in [0, 0.05) is 18.7 Å². The first-order valence-electron chi connectivity index (χ1n) is 9.67. The molecule has 2 amide bonds. The lowest BCUT2D eigenvalue weighted by Crippen LogP contribution is -2.39. The van der Waals surface area contributed by atoms with E-state index in [0.717, 1.165) is 12.1 Å². The number of fused-ring (bicyclic) bond motifs is 1. The smallest absolute Gasteiger partial charge is 0.246 e. The van der Waals surface area contributed by atoms with Gasteiger partial charge in [0.2, 0.25) is 11.8 Å². The number of nitrogens with one attached hydrogen (secondary N) is 1. The van der Waals surface area contributed by atoms with Crippen molar-refractivity contribution in [2.45, 2.75) is 39.5 Å². The molecule has 0 radical (unpaired) electrons. The number of rotatable bonds is 6. The second-order valence-corrected chi connectivity index (χ2v) is 7.67. The van der Waals surface area contributed by atoms with Crippen LogP contribution >= 0.6 is 0 Å². The van der Waals surface area contributed by atoms with Gasteiger partial charge in [0.25, 0.3) is 0 Å². The summed E-state index contributed by atoms with van der Waals surface area (Å²) >= 11 is 0. The normalized spacial score (nSPS) is 14.1. The zero-order valence-electron chi connectivity index (χ0n) is 16.4. The van der Waals surface area contributed by atoms with Crippen LogP contribution in [0.4, 0.5) is 5.69 Å². The summed E-state index contributed by atoms with van der Waals surface area (Å²) in [5, 5.41) is 2.83. The number of carbonyl (C=O) groups is 2. The number of hydrogen-bond acceptors (Lipinski definition) is 2. The fourth-order valence-corrected chi connectivity index (χ4v) is 3.69. The highest BCUT2D eigenvalue weighted by molar-refractivity contribution is 5.98. The number of anilines is 1. The quantitative estimate of drug-likeness (QED) is 0.847. The van der Waals surface area contributed by atoms with Gasteiger partial charge in [0.1, 0.15) is 0 Å². The molecule has 1 aliphatic rings. The van der Waals surface area contributed by atoms with E-state index >= 15 is 0 Å². The number of benzene rings is 2. The highest BCUT2D eigenvalue weighted by atomic mass is 16.2. The van der Waals surface area contributed by atoms with Crippen molar-refractivity contribution >= 4 is 17.5 Å². The number of para-hydroxylation sites is 1. The number of nitrogens with zero attached hydrogens (tertiary/aromatic N) is 1. The predicted molar refractivity (Wildman–Crippen MR) is 109 cm³/mol. The number of amides is 2. The zero-order chi connectivity index (χ0) is 19.4. The lowest BCUT2D eigenvalue weighted by Gasteiger charge is -2.22. The SMILES string of the molecule is Cc1ccc(C(CC(=O)NCC(=O)N2CCc3ccccc32)C(C)C)cc1. The van der Waals surface area contributed by atoms with Crippen molar-refractivity contribution in [1.29, 1.82) is 0 Å². The van der Waals surface area contributed by atoms with Gasteiger partial charge < -0.3 is 10.2 Å². The van der Waals surface area contributed by atoms with E-state index in [1.54, 1.807) is 4.90 Å². The molecule has 4 nitrogen and oxygen atoms in total. The Morgan fingerprint density at radius 3 is 2.48 bits per heavy atom. The Bertz CT molecular complexity index is 811.